The molecular weight excluding hydrogens is 549 g/mol. The molecule has 3 amide bonds. The fourth-order valence-corrected chi connectivity index (χ4v) is 8.44. The standard InChI is InChI=1S/C31H39F3N4O4/c1-29-13-11-21(15-20(29)7-8-22-23-9-10-25(39)30(23,2)14-12-24(22)29)38-42-17-26(40)37-28(41)36-16-18-3-5-19(6-4-18)27(35)31(32,33)34/h3-6,20,22-24,35H,7-17H2,1-2H3,(H2,36,37,40,41)/b35-27?,38-21+/t20-,22-,23-,24-,29-,30-/m0/s1. The van der Waals surface area contributed by atoms with Gasteiger partial charge >= 0.3 is 12.2 Å². The molecular formula is C31H39F3N4O4. The van der Waals surface area contributed by atoms with Crippen molar-refractivity contribution in [2.45, 2.75) is 84.4 Å². The van der Waals surface area contributed by atoms with E-state index < -0.39 is 30.4 Å². The number of halogens is 3. The molecule has 0 unspecified atom stereocenters. The van der Waals surface area contributed by atoms with Crippen LogP contribution in [0.15, 0.2) is 29.4 Å². The number of oxime groups is 1. The summed E-state index contributed by atoms with van der Waals surface area (Å²) in [6.07, 6.45) is 4.11. The van der Waals surface area contributed by atoms with Crippen LogP contribution in [0.2, 0.25) is 0 Å². The van der Waals surface area contributed by atoms with Gasteiger partial charge in [0.05, 0.1) is 5.71 Å². The summed E-state index contributed by atoms with van der Waals surface area (Å²) in [7, 11) is 0. The molecule has 42 heavy (non-hydrogen) atoms. The Hall–Kier alpha value is -3.24. The highest BCUT2D eigenvalue weighted by atomic mass is 19.4. The van der Waals surface area contributed by atoms with E-state index in [1.165, 1.54) is 12.1 Å². The Morgan fingerprint density at radius 2 is 1.79 bits per heavy atom. The topological polar surface area (TPSA) is 121 Å². The van der Waals surface area contributed by atoms with Gasteiger partial charge in [0.1, 0.15) is 11.5 Å². The lowest BCUT2D eigenvalue weighted by molar-refractivity contribution is -0.137. The van der Waals surface area contributed by atoms with Crippen molar-refractivity contribution in [1.29, 1.82) is 5.41 Å². The highest BCUT2D eigenvalue weighted by molar-refractivity contribution is 6.02. The van der Waals surface area contributed by atoms with Gasteiger partial charge in [-0.3, -0.25) is 20.3 Å². The number of amides is 3. The molecule has 4 aliphatic carbocycles. The Bertz CT molecular complexity index is 1280. The van der Waals surface area contributed by atoms with Crippen molar-refractivity contribution in [2.24, 2.45) is 39.7 Å². The molecule has 228 valence electrons. The van der Waals surface area contributed by atoms with E-state index in [1.807, 2.05) is 0 Å². The van der Waals surface area contributed by atoms with E-state index >= 15 is 0 Å². The van der Waals surface area contributed by atoms with Crippen LogP contribution in [0.4, 0.5) is 18.0 Å². The highest BCUT2D eigenvalue weighted by Crippen LogP contribution is 2.65. The number of carbonyl (C=O) groups excluding carboxylic acids is 3. The summed E-state index contributed by atoms with van der Waals surface area (Å²) in [6.45, 7) is 4.21. The minimum atomic E-state index is -4.74. The molecule has 8 nitrogen and oxygen atoms in total. The van der Waals surface area contributed by atoms with Crippen molar-refractivity contribution in [1.82, 2.24) is 10.6 Å². The average Bonchev–Trinajstić information content (AvgIpc) is 3.25. The second-order valence-electron chi connectivity index (χ2n) is 13.0. The number of nitrogens with one attached hydrogen (secondary N) is 3. The molecule has 5 rings (SSSR count). The molecule has 6 atom stereocenters. The van der Waals surface area contributed by atoms with Crippen molar-refractivity contribution >= 4 is 29.1 Å². The maximum Gasteiger partial charge on any atom is 0.433 e. The summed E-state index contributed by atoms with van der Waals surface area (Å²) in [5.41, 5.74) is -0.159. The third kappa shape index (κ3) is 5.83. The van der Waals surface area contributed by atoms with Gasteiger partial charge in [-0.2, -0.15) is 13.2 Å². The van der Waals surface area contributed by atoms with Crippen molar-refractivity contribution in [3.8, 4) is 0 Å². The van der Waals surface area contributed by atoms with Gasteiger partial charge < -0.3 is 10.2 Å². The predicted octanol–water partition coefficient (Wildman–Crippen LogP) is 5.93. The number of benzene rings is 1. The van der Waals surface area contributed by atoms with Crippen molar-refractivity contribution in [3.05, 3.63) is 35.4 Å². The van der Waals surface area contributed by atoms with Crippen LogP contribution in [0.25, 0.3) is 0 Å². The minimum Gasteiger partial charge on any atom is -0.386 e. The van der Waals surface area contributed by atoms with Crippen LogP contribution in [0.5, 0.6) is 0 Å². The number of Topliss-reactive ketones (excluding diaryl/α,β-unsaturated/α-hetero) is 1. The van der Waals surface area contributed by atoms with Crippen molar-refractivity contribution in [3.63, 3.8) is 0 Å². The van der Waals surface area contributed by atoms with Gasteiger partial charge in [0.2, 0.25) is 0 Å². The molecule has 0 radical (unpaired) electrons. The zero-order valence-electron chi connectivity index (χ0n) is 24.1. The van der Waals surface area contributed by atoms with E-state index in [2.05, 4.69) is 29.6 Å². The number of hydrogen-bond donors (Lipinski definition) is 3. The Labute approximate surface area is 243 Å². The lowest BCUT2D eigenvalue weighted by Gasteiger charge is -2.59. The van der Waals surface area contributed by atoms with E-state index in [0.29, 0.717) is 35.0 Å². The van der Waals surface area contributed by atoms with Crippen molar-refractivity contribution < 1.29 is 32.4 Å². The van der Waals surface area contributed by atoms with E-state index in [4.69, 9.17) is 10.2 Å². The van der Waals surface area contributed by atoms with Gasteiger partial charge in [0.25, 0.3) is 5.91 Å². The number of fused-ring (bicyclic) bond motifs is 5. The van der Waals surface area contributed by atoms with Gasteiger partial charge in [0, 0.05) is 23.9 Å². The third-order valence-electron chi connectivity index (χ3n) is 10.8. The summed E-state index contributed by atoms with van der Waals surface area (Å²) in [5.74, 6) is 2.10. The SMILES string of the molecule is C[C@]12CC/C(=N\OCC(=O)NC(=O)NCc3ccc(C(=N)C(F)(F)F)cc3)C[C@@H]1CC[C@@H]1[C@@H]2CC[C@]2(C)C(=O)CC[C@@H]12. The third-order valence-corrected chi connectivity index (χ3v) is 10.8. The number of alkyl halides is 3. The maximum atomic E-state index is 12.6. The van der Waals surface area contributed by atoms with Crippen LogP contribution in [0, 0.1) is 39.9 Å². The van der Waals surface area contributed by atoms with Crippen LogP contribution in [0.1, 0.15) is 82.8 Å². The minimum absolute atomic E-state index is 0.0137. The lowest BCUT2D eigenvalue weighted by Crippen LogP contribution is -2.53. The highest BCUT2D eigenvalue weighted by Gasteiger charge is 2.60. The number of imide groups is 1. The first-order valence-corrected chi connectivity index (χ1v) is 14.8. The number of carbonyl (C=O) groups is 3. The molecule has 4 fully saturated rings. The number of urea groups is 1. The summed E-state index contributed by atoms with van der Waals surface area (Å²) < 4.78 is 37.9. The lowest BCUT2D eigenvalue weighted by atomic mass is 9.45. The first-order valence-electron chi connectivity index (χ1n) is 14.8. The second kappa shape index (κ2) is 11.4. The molecule has 1 aromatic rings. The number of ketones is 1. The molecule has 0 heterocycles. The van der Waals surface area contributed by atoms with E-state index in [1.54, 1.807) is 0 Å². The molecule has 0 saturated heterocycles. The van der Waals surface area contributed by atoms with E-state index in [-0.39, 0.29) is 22.9 Å². The van der Waals surface area contributed by atoms with Crippen LogP contribution in [0.3, 0.4) is 0 Å². The van der Waals surface area contributed by atoms with E-state index in [9.17, 15) is 27.6 Å². The Morgan fingerprint density at radius 3 is 2.50 bits per heavy atom. The molecule has 3 N–H and O–H groups in total. The van der Waals surface area contributed by atoms with Gasteiger partial charge in [-0.15, -0.1) is 0 Å². The van der Waals surface area contributed by atoms with Crippen molar-refractivity contribution in [2.75, 3.05) is 6.61 Å². The molecule has 0 bridgehead atoms. The maximum absolute atomic E-state index is 12.6. The molecule has 0 aliphatic heterocycles. The zero-order chi connectivity index (χ0) is 30.3. The molecule has 4 saturated carbocycles. The second-order valence-corrected chi connectivity index (χ2v) is 13.0. The number of rotatable bonds is 6. The van der Waals surface area contributed by atoms with Gasteiger partial charge in [0.15, 0.2) is 6.61 Å². The molecule has 1 aromatic carbocycles. The van der Waals surface area contributed by atoms with Crippen LogP contribution < -0.4 is 10.6 Å². The largest absolute Gasteiger partial charge is 0.433 e. The quantitative estimate of drug-likeness (QED) is 0.282. The first kappa shape index (κ1) is 30.2. The van der Waals surface area contributed by atoms with Crippen LogP contribution in [-0.4, -0.2) is 41.9 Å². The van der Waals surface area contributed by atoms with Crippen LogP contribution in [-0.2, 0) is 21.0 Å². The monoisotopic (exact) mass is 588 g/mol. The fraction of sp³-hybridized carbons (Fsp3) is 0.645. The van der Waals surface area contributed by atoms with E-state index in [0.717, 1.165) is 75.6 Å². The molecule has 11 heteroatoms. The first-order chi connectivity index (χ1) is 19.8. The summed E-state index contributed by atoms with van der Waals surface area (Å²) in [6, 6.07) is 4.30. The Balaban J connectivity index is 1.05. The molecule has 4 aliphatic rings. The number of hydrogen-bond acceptors (Lipinski definition) is 6. The summed E-state index contributed by atoms with van der Waals surface area (Å²) in [4.78, 5) is 42.2. The Morgan fingerprint density at radius 1 is 1.05 bits per heavy atom. The average molecular weight is 589 g/mol. The molecule has 0 spiro atoms. The molecule has 0 aromatic heterocycles. The Kier molecular flexibility index (Phi) is 8.24. The number of nitrogens with zero attached hydrogens (tertiary/aromatic N) is 1. The zero-order valence-corrected chi connectivity index (χ0v) is 24.1. The summed E-state index contributed by atoms with van der Waals surface area (Å²) in [5, 5.41) is 16.0. The van der Waals surface area contributed by atoms with Gasteiger partial charge in [-0.1, -0.05) is 43.3 Å². The predicted molar refractivity (Wildman–Crippen MR) is 150 cm³/mol. The fourth-order valence-electron chi connectivity index (χ4n) is 8.44. The smallest absolute Gasteiger partial charge is 0.386 e. The van der Waals surface area contributed by atoms with Crippen LogP contribution >= 0.6 is 0 Å². The summed E-state index contributed by atoms with van der Waals surface area (Å²) >= 11 is 0. The normalized spacial score (nSPS) is 33.3. The van der Waals surface area contributed by atoms with Gasteiger partial charge in [-0.05, 0) is 86.0 Å². The van der Waals surface area contributed by atoms with Gasteiger partial charge in [-0.25, -0.2) is 4.79 Å².